The van der Waals surface area contributed by atoms with Crippen LogP contribution in [0.15, 0.2) is 54.6 Å². The van der Waals surface area contributed by atoms with Gasteiger partial charge in [0, 0.05) is 12.0 Å². The summed E-state index contributed by atoms with van der Waals surface area (Å²) in [5.74, 6) is -0.220. The van der Waals surface area contributed by atoms with Crippen molar-refractivity contribution in [3.8, 4) is 17.2 Å². The Balaban J connectivity index is 2.25. The van der Waals surface area contributed by atoms with Crippen LogP contribution >= 0.6 is 0 Å². The fourth-order valence-corrected chi connectivity index (χ4v) is 2.37. The van der Waals surface area contributed by atoms with Gasteiger partial charge in [0.1, 0.15) is 17.2 Å². The number of ketones is 1. The number of carbonyl (C=O) groups is 1. The number of aliphatic hydroxyl groups is 1. The fraction of sp³-hybridized carbons (Fsp3) is 0.190. The van der Waals surface area contributed by atoms with Crippen molar-refractivity contribution >= 4 is 11.9 Å². The molecule has 2 aromatic rings. The number of aromatic hydroxyl groups is 2. The number of methoxy groups -OCH3 is 1. The molecule has 0 aliphatic heterocycles. The molecule has 0 fully saturated rings. The molecule has 2 aromatic carbocycles. The average molecular weight is 354 g/mol. The molecule has 0 aliphatic carbocycles. The molecule has 136 valence electrons. The standard InChI is InChI=1S/C21H22O5/c1-13(2)20(24)12-17-19(23)11-9-16(21(17)25)18(22)10-6-14-4-7-15(26-3)8-5-14/h4-11,20,23-25H,1,12H2,2-3H3. The van der Waals surface area contributed by atoms with Gasteiger partial charge in [-0.2, -0.15) is 0 Å². The second kappa shape index (κ2) is 8.36. The number of hydrogen-bond acceptors (Lipinski definition) is 5. The molecule has 1 atom stereocenters. The van der Waals surface area contributed by atoms with Crippen LogP contribution in [-0.2, 0) is 6.42 Å². The molecule has 0 aromatic heterocycles. The van der Waals surface area contributed by atoms with Crippen LogP contribution in [0.5, 0.6) is 17.2 Å². The number of hydrogen-bond donors (Lipinski definition) is 3. The number of ether oxygens (including phenoxy) is 1. The Labute approximate surface area is 152 Å². The highest BCUT2D eigenvalue weighted by Gasteiger charge is 2.19. The maximum absolute atomic E-state index is 12.4. The topological polar surface area (TPSA) is 87.0 Å². The maximum atomic E-state index is 12.4. The van der Waals surface area contributed by atoms with Gasteiger partial charge in [0.05, 0.1) is 18.8 Å². The van der Waals surface area contributed by atoms with Crippen LogP contribution in [-0.4, -0.2) is 34.3 Å². The molecule has 5 nitrogen and oxygen atoms in total. The van der Waals surface area contributed by atoms with E-state index in [1.165, 1.54) is 18.2 Å². The monoisotopic (exact) mass is 354 g/mol. The maximum Gasteiger partial charge on any atom is 0.189 e. The molecule has 5 heteroatoms. The summed E-state index contributed by atoms with van der Waals surface area (Å²) in [6.07, 6.45) is 2.01. The van der Waals surface area contributed by atoms with Crippen LogP contribution in [0.1, 0.15) is 28.4 Å². The number of phenolic OH excluding ortho intramolecular Hbond substituents is 2. The molecule has 0 radical (unpaired) electrons. The van der Waals surface area contributed by atoms with Crippen molar-refractivity contribution in [3.63, 3.8) is 0 Å². The van der Waals surface area contributed by atoms with Crippen molar-refractivity contribution < 1.29 is 24.9 Å². The lowest BCUT2D eigenvalue weighted by atomic mass is 9.97. The lowest BCUT2D eigenvalue weighted by Crippen LogP contribution is -2.12. The predicted octanol–water partition coefficient (Wildman–Crippen LogP) is 3.48. The fourth-order valence-electron chi connectivity index (χ4n) is 2.37. The molecule has 0 saturated heterocycles. The number of aliphatic hydroxyl groups excluding tert-OH is 1. The van der Waals surface area contributed by atoms with E-state index < -0.39 is 11.9 Å². The van der Waals surface area contributed by atoms with E-state index in [0.29, 0.717) is 11.3 Å². The molecule has 0 amide bonds. The van der Waals surface area contributed by atoms with Crippen LogP contribution in [0.25, 0.3) is 6.08 Å². The molecule has 1 unspecified atom stereocenters. The minimum Gasteiger partial charge on any atom is -0.508 e. The Bertz CT molecular complexity index is 834. The average Bonchev–Trinajstić information content (AvgIpc) is 2.63. The number of rotatable bonds is 7. The van der Waals surface area contributed by atoms with Crippen molar-refractivity contribution in [2.75, 3.05) is 7.11 Å². The van der Waals surface area contributed by atoms with E-state index in [4.69, 9.17) is 4.74 Å². The van der Waals surface area contributed by atoms with Gasteiger partial charge in [-0.25, -0.2) is 0 Å². The van der Waals surface area contributed by atoms with Crippen molar-refractivity contribution in [1.82, 2.24) is 0 Å². The van der Waals surface area contributed by atoms with Gasteiger partial charge >= 0.3 is 0 Å². The van der Waals surface area contributed by atoms with E-state index in [0.717, 1.165) is 5.56 Å². The van der Waals surface area contributed by atoms with Crippen molar-refractivity contribution in [3.05, 3.63) is 71.3 Å². The summed E-state index contributed by atoms with van der Waals surface area (Å²) in [7, 11) is 1.57. The summed E-state index contributed by atoms with van der Waals surface area (Å²) in [5, 5.41) is 30.2. The van der Waals surface area contributed by atoms with E-state index in [-0.39, 0.29) is 29.0 Å². The second-order valence-electron chi connectivity index (χ2n) is 6.00. The highest BCUT2D eigenvalue weighted by Crippen LogP contribution is 2.33. The summed E-state index contributed by atoms with van der Waals surface area (Å²) in [6, 6.07) is 9.83. The third-order valence-electron chi connectivity index (χ3n) is 4.03. The van der Waals surface area contributed by atoms with Crippen molar-refractivity contribution in [1.29, 1.82) is 0 Å². The molecule has 0 aliphatic rings. The number of benzene rings is 2. The van der Waals surface area contributed by atoms with Crippen LogP contribution in [0.4, 0.5) is 0 Å². The number of allylic oxidation sites excluding steroid dienone is 1. The van der Waals surface area contributed by atoms with E-state index in [1.54, 1.807) is 44.4 Å². The van der Waals surface area contributed by atoms with Crippen LogP contribution in [0.3, 0.4) is 0 Å². The van der Waals surface area contributed by atoms with Crippen molar-refractivity contribution in [2.45, 2.75) is 19.4 Å². The molecule has 2 rings (SSSR count). The Morgan fingerprint density at radius 1 is 1.19 bits per heavy atom. The lowest BCUT2D eigenvalue weighted by Gasteiger charge is -2.14. The first kappa shape index (κ1) is 19.3. The molecule has 3 N–H and O–H groups in total. The van der Waals surface area contributed by atoms with Gasteiger partial charge in [-0.15, -0.1) is 0 Å². The van der Waals surface area contributed by atoms with Crippen molar-refractivity contribution in [2.24, 2.45) is 0 Å². The normalized spacial score (nSPS) is 12.1. The SMILES string of the molecule is C=C(C)C(O)Cc1c(O)ccc(C(=O)C=Cc2ccc(OC)cc2)c1O. The number of phenols is 2. The first-order valence-electron chi connectivity index (χ1n) is 8.07. The third kappa shape index (κ3) is 4.52. The Hall–Kier alpha value is -3.05. The largest absolute Gasteiger partial charge is 0.508 e. The number of carbonyl (C=O) groups excluding carboxylic acids is 1. The van der Waals surface area contributed by atoms with E-state index >= 15 is 0 Å². The zero-order valence-corrected chi connectivity index (χ0v) is 14.8. The lowest BCUT2D eigenvalue weighted by molar-refractivity contribution is 0.104. The second-order valence-corrected chi connectivity index (χ2v) is 6.00. The quantitative estimate of drug-likeness (QED) is 0.402. The smallest absolute Gasteiger partial charge is 0.189 e. The van der Waals surface area contributed by atoms with Gasteiger partial charge in [-0.1, -0.05) is 30.4 Å². The highest BCUT2D eigenvalue weighted by atomic mass is 16.5. The van der Waals surface area contributed by atoms with Gasteiger partial charge in [0.15, 0.2) is 5.78 Å². The molecule has 0 heterocycles. The summed E-state index contributed by atoms with van der Waals surface area (Å²) < 4.78 is 5.08. The van der Waals surface area contributed by atoms with E-state index in [9.17, 15) is 20.1 Å². The van der Waals surface area contributed by atoms with Crippen LogP contribution in [0, 0.1) is 0 Å². The zero-order chi connectivity index (χ0) is 19.3. The van der Waals surface area contributed by atoms with Gasteiger partial charge in [-0.3, -0.25) is 4.79 Å². The summed E-state index contributed by atoms with van der Waals surface area (Å²) in [6.45, 7) is 5.29. The third-order valence-corrected chi connectivity index (χ3v) is 4.03. The van der Waals surface area contributed by atoms with Gasteiger partial charge < -0.3 is 20.1 Å². The van der Waals surface area contributed by atoms with Gasteiger partial charge in [0.25, 0.3) is 0 Å². The first-order valence-corrected chi connectivity index (χ1v) is 8.07. The predicted molar refractivity (Wildman–Crippen MR) is 101 cm³/mol. The molecular formula is C21H22O5. The molecular weight excluding hydrogens is 332 g/mol. The molecule has 0 saturated carbocycles. The van der Waals surface area contributed by atoms with Crippen LogP contribution in [0.2, 0.25) is 0 Å². The first-order chi connectivity index (χ1) is 12.3. The Morgan fingerprint density at radius 3 is 2.42 bits per heavy atom. The van der Waals surface area contributed by atoms with Gasteiger partial charge in [0.2, 0.25) is 0 Å². The summed E-state index contributed by atoms with van der Waals surface area (Å²) in [4.78, 5) is 12.4. The van der Waals surface area contributed by atoms with E-state index in [1.807, 2.05) is 0 Å². The zero-order valence-electron chi connectivity index (χ0n) is 14.8. The molecule has 0 spiro atoms. The minimum absolute atomic E-state index is 0.0314. The highest BCUT2D eigenvalue weighted by molar-refractivity contribution is 6.09. The van der Waals surface area contributed by atoms with Crippen LogP contribution < -0.4 is 4.74 Å². The molecule has 0 bridgehead atoms. The molecule has 26 heavy (non-hydrogen) atoms. The summed E-state index contributed by atoms with van der Waals surface area (Å²) >= 11 is 0. The minimum atomic E-state index is -0.924. The summed E-state index contributed by atoms with van der Waals surface area (Å²) in [5.41, 5.74) is 1.47. The van der Waals surface area contributed by atoms with Gasteiger partial charge in [-0.05, 0) is 42.8 Å². The van der Waals surface area contributed by atoms with E-state index in [2.05, 4.69) is 6.58 Å². The Kier molecular flexibility index (Phi) is 6.20. The Morgan fingerprint density at radius 2 is 1.85 bits per heavy atom.